The van der Waals surface area contributed by atoms with Gasteiger partial charge in [-0.1, -0.05) is 24.3 Å². The van der Waals surface area contributed by atoms with Crippen LogP contribution in [0.25, 0.3) is 10.4 Å². The number of nitrogens with one attached hydrogen (secondary N) is 1. The Hall–Kier alpha value is -3.48. The SMILES string of the molecule is CC(Nc1nc(Cl)nc2c1CN(C(=O)N1CCOCC1)C2)c1ncc(-c2ccccc2CN(C)C(=O)OC(C)(C)C)s1. The molecular weight excluding hydrogens is 578 g/mol. The molecule has 11 nitrogen and oxygen atoms in total. The van der Waals surface area contributed by atoms with Crippen LogP contribution >= 0.6 is 22.9 Å². The molecule has 0 aliphatic carbocycles. The number of hydrogen-bond acceptors (Lipinski definition) is 9. The lowest BCUT2D eigenvalue weighted by Crippen LogP contribution is -2.46. The lowest BCUT2D eigenvalue weighted by Gasteiger charge is -2.30. The molecule has 1 aromatic carbocycles. The number of urea groups is 1. The predicted octanol–water partition coefficient (Wildman–Crippen LogP) is 5.56. The standard InChI is InChI=1S/C29H36ClN7O4S/c1-18(32-24-21-16-37(17-22(21)33-26(30)34-24)27(38)36-10-12-40-13-11-36)25-31-14-23(42-25)20-9-7-6-8-19(20)15-35(5)28(39)41-29(2,3)4/h6-9,14,18H,10-13,15-17H2,1-5H3,(H,32,33,34). The molecule has 0 saturated carbocycles. The van der Waals surface area contributed by atoms with E-state index in [-0.39, 0.29) is 23.4 Å². The zero-order valence-electron chi connectivity index (χ0n) is 24.5. The first-order chi connectivity index (χ1) is 20.0. The van der Waals surface area contributed by atoms with Crippen molar-refractivity contribution in [3.8, 4) is 10.4 Å². The molecule has 13 heteroatoms. The first-order valence-electron chi connectivity index (χ1n) is 13.9. The summed E-state index contributed by atoms with van der Waals surface area (Å²) in [5.74, 6) is 0.603. The van der Waals surface area contributed by atoms with Gasteiger partial charge in [-0.15, -0.1) is 11.3 Å². The minimum atomic E-state index is -0.564. The highest BCUT2D eigenvalue weighted by Crippen LogP contribution is 2.35. The summed E-state index contributed by atoms with van der Waals surface area (Å²) in [6.07, 6.45) is 1.48. The molecular formula is C29H36ClN7O4S. The van der Waals surface area contributed by atoms with Crippen LogP contribution in [-0.4, -0.2) is 80.7 Å². The first-order valence-corrected chi connectivity index (χ1v) is 15.1. The molecule has 0 spiro atoms. The molecule has 42 heavy (non-hydrogen) atoms. The van der Waals surface area contributed by atoms with E-state index >= 15 is 0 Å². The molecule has 1 fully saturated rings. The summed E-state index contributed by atoms with van der Waals surface area (Å²) in [7, 11) is 1.73. The molecule has 1 atom stereocenters. The number of morpholine rings is 1. The van der Waals surface area contributed by atoms with Crippen molar-refractivity contribution in [2.75, 3.05) is 38.7 Å². The summed E-state index contributed by atoms with van der Waals surface area (Å²) < 4.78 is 10.9. The minimum absolute atomic E-state index is 0.0352. The van der Waals surface area contributed by atoms with Gasteiger partial charge in [0.05, 0.1) is 42.9 Å². The second-order valence-electron chi connectivity index (χ2n) is 11.4. The fourth-order valence-corrected chi connectivity index (χ4v) is 6.04. The fourth-order valence-electron chi connectivity index (χ4n) is 4.87. The number of nitrogens with zero attached hydrogens (tertiary/aromatic N) is 6. The Bertz CT molecular complexity index is 1450. The highest BCUT2D eigenvalue weighted by Gasteiger charge is 2.32. The average Bonchev–Trinajstić information content (AvgIpc) is 3.60. The van der Waals surface area contributed by atoms with Gasteiger partial charge in [-0.3, -0.25) is 0 Å². The number of aromatic nitrogens is 3. The molecule has 5 rings (SSSR count). The third kappa shape index (κ3) is 6.93. The van der Waals surface area contributed by atoms with E-state index in [1.54, 1.807) is 33.1 Å². The van der Waals surface area contributed by atoms with Crippen molar-refractivity contribution < 1.29 is 19.1 Å². The number of fused-ring (bicyclic) bond motifs is 1. The second kappa shape index (κ2) is 12.4. The number of anilines is 1. The van der Waals surface area contributed by atoms with Crippen molar-refractivity contribution >= 4 is 40.9 Å². The van der Waals surface area contributed by atoms with Crippen molar-refractivity contribution in [3.63, 3.8) is 0 Å². The van der Waals surface area contributed by atoms with Crippen LogP contribution in [0.3, 0.4) is 0 Å². The summed E-state index contributed by atoms with van der Waals surface area (Å²) in [6.45, 7) is 11.0. The molecule has 2 aromatic heterocycles. The van der Waals surface area contributed by atoms with Gasteiger partial charge < -0.3 is 29.5 Å². The number of thiazole rings is 1. The Morgan fingerprint density at radius 3 is 2.64 bits per heavy atom. The molecule has 3 aromatic rings. The third-order valence-electron chi connectivity index (χ3n) is 6.95. The van der Waals surface area contributed by atoms with Crippen molar-refractivity contribution in [1.82, 2.24) is 29.7 Å². The highest BCUT2D eigenvalue weighted by atomic mass is 35.5. The van der Waals surface area contributed by atoms with Gasteiger partial charge in [0.15, 0.2) is 0 Å². The van der Waals surface area contributed by atoms with Gasteiger partial charge >= 0.3 is 12.1 Å². The van der Waals surface area contributed by atoms with Gasteiger partial charge in [0.25, 0.3) is 0 Å². The van der Waals surface area contributed by atoms with Crippen molar-refractivity contribution in [2.45, 2.75) is 59.0 Å². The Kier molecular flexibility index (Phi) is 8.86. The lowest BCUT2D eigenvalue weighted by molar-refractivity contribution is 0.0285. The van der Waals surface area contributed by atoms with E-state index in [0.717, 1.165) is 32.3 Å². The van der Waals surface area contributed by atoms with Crippen LogP contribution in [0.5, 0.6) is 0 Å². The Labute approximate surface area is 254 Å². The molecule has 1 unspecified atom stereocenters. The van der Waals surface area contributed by atoms with Crippen LogP contribution in [0, 0.1) is 0 Å². The molecule has 4 heterocycles. The van der Waals surface area contributed by atoms with Crippen LogP contribution in [-0.2, 0) is 29.1 Å². The fraction of sp³-hybridized carbons (Fsp3) is 0.483. The molecule has 0 radical (unpaired) electrons. The van der Waals surface area contributed by atoms with Gasteiger partial charge in [-0.2, -0.15) is 0 Å². The molecule has 0 bridgehead atoms. The number of rotatable bonds is 6. The number of benzene rings is 1. The summed E-state index contributed by atoms with van der Waals surface area (Å²) in [5.41, 5.74) is 3.04. The van der Waals surface area contributed by atoms with Gasteiger partial charge in [-0.05, 0) is 50.4 Å². The van der Waals surface area contributed by atoms with E-state index in [4.69, 9.17) is 26.1 Å². The number of hydrogen-bond donors (Lipinski definition) is 1. The molecule has 1 N–H and O–H groups in total. The monoisotopic (exact) mass is 613 g/mol. The molecule has 1 saturated heterocycles. The van der Waals surface area contributed by atoms with E-state index in [9.17, 15) is 9.59 Å². The normalized spacial score (nSPS) is 15.8. The quantitative estimate of drug-likeness (QED) is 0.360. The van der Waals surface area contributed by atoms with Gasteiger partial charge in [0.1, 0.15) is 16.4 Å². The first kappa shape index (κ1) is 30.0. The van der Waals surface area contributed by atoms with E-state index in [1.165, 1.54) is 0 Å². The molecule has 2 aliphatic heterocycles. The van der Waals surface area contributed by atoms with E-state index in [1.807, 2.05) is 58.2 Å². The van der Waals surface area contributed by atoms with Crippen molar-refractivity contribution in [3.05, 3.63) is 57.6 Å². The smallest absolute Gasteiger partial charge is 0.410 e. The number of carbonyl (C=O) groups is 2. The third-order valence-corrected chi connectivity index (χ3v) is 8.33. The van der Waals surface area contributed by atoms with E-state index in [0.29, 0.717) is 51.8 Å². The predicted molar refractivity (Wildman–Crippen MR) is 161 cm³/mol. The number of ether oxygens (including phenoxy) is 2. The van der Waals surface area contributed by atoms with Crippen LogP contribution in [0.2, 0.25) is 5.28 Å². The van der Waals surface area contributed by atoms with E-state index in [2.05, 4.69) is 15.3 Å². The van der Waals surface area contributed by atoms with Crippen LogP contribution in [0.15, 0.2) is 30.5 Å². The average molecular weight is 614 g/mol. The van der Waals surface area contributed by atoms with Gasteiger partial charge in [-0.25, -0.2) is 24.5 Å². The highest BCUT2D eigenvalue weighted by molar-refractivity contribution is 7.15. The Balaban J connectivity index is 1.29. The van der Waals surface area contributed by atoms with Crippen LogP contribution in [0.1, 0.15) is 55.6 Å². The second-order valence-corrected chi connectivity index (χ2v) is 12.8. The lowest BCUT2D eigenvalue weighted by atomic mass is 10.1. The zero-order valence-corrected chi connectivity index (χ0v) is 26.1. The maximum Gasteiger partial charge on any atom is 0.410 e. The summed E-state index contributed by atoms with van der Waals surface area (Å²) in [4.78, 5) is 45.4. The Morgan fingerprint density at radius 1 is 1.17 bits per heavy atom. The number of amides is 3. The molecule has 3 amide bonds. The van der Waals surface area contributed by atoms with Crippen molar-refractivity contribution in [1.29, 1.82) is 0 Å². The van der Waals surface area contributed by atoms with Crippen LogP contribution in [0.4, 0.5) is 15.4 Å². The molecule has 224 valence electrons. The van der Waals surface area contributed by atoms with Gasteiger partial charge in [0, 0.05) is 38.4 Å². The number of halogens is 1. The van der Waals surface area contributed by atoms with Crippen molar-refractivity contribution in [2.24, 2.45) is 0 Å². The largest absolute Gasteiger partial charge is 0.444 e. The van der Waals surface area contributed by atoms with E-state index < -0.39 is 5.60 Å². The summed E-state index contributed by atoms with van der Waals surface area (Å²) in [6, 6.07) is 7.76. The molecule has 2 aliphatic rings. The Morgan fingerprint density at radius 2 is 1.90 bits per heavy atom. The summed E-state index contributed by atoms with van der Waals surface area (Å²) in [5, 5.41) is 4.45. The minimum Gasteiger partial charge on any atom is -0.444 e. The number of carbonyl (C=O) groups excluding carboxylic acids is 2. The van der Waals surface area contributed by atoms with Gasteiger partial charge in [0.2, 0.25) is 5.28 Å². The maximum absolute atomic E-state index is 13.1. The van der Waals surface area contributed by atoms with Crippen LogP contribution < -0.4 is 5.32 Å². The summed E-state index contributed by atoms with van der Waals surface area (Å²) >= 11 is 7.86. The topological polar surface area (TPSA) is 113 Å². The zero-order chi connectivity index (χ0) is 30.0. The maximum atomic E-state index is 13.1.